The average Bonchev–Trinajstić information content (AvgIpc) is 1.80. The molecule has 1 N–H and O–H groups in total. The van der Waals surface area contributed by atoms with Crippen LogP contribution in [0.25, 0.3) is 0 Å². The summed E-state index contributed by atoms with van der Waals surface area (Å²) in [5.74, 6) is -2.24. The number of carbonyl (C=O) groups is 1. The Morgan fingerprint density at radius 1 is 1.36 bits per heavy atom. The molecule has 0 atom stereocenters. The first-order chi connectivity index (χ1) is 5.88. The third-order valence-corrected chi connectivity index (χ3v) is 2.57. The Labute approximate surface area is 80.9 Å². The molecule has 0 spiro atoms. The van der Waals surface area contributed by atoms with Crippen molar-refractivity contribution >= 4 is 24.4 Å². The largest absolute Gasteiger partial charge is 0.515 e. The van der Waals surface area contributed by atoms with E-state index in [1.54, 1.807) is 0 Å². The van der Waals surface area contributed by atoms with Crippen molar-refractivity contribution < 1.29 is 31.0 Å². The highest BCUT2D eigenvalue weighted by Gasteiger charge is 2.54. The molecule has 0 radical (unpaired) electrons. The molecule has 0 saturated carbocycles. The van der Waals surface area contributed by atoms with Crippen LogP contribution in [0.15, 0.2) is 0 Å². The third kappa shape index (κ3) is 3.31. The lowest BCUT2D eigenvalue weighted by Gasteiger charge is -2.20. The molecule has 0 unspecified atom stereocenters. The molecular weight excluding hydrogens is 238 g/mol. The molecule has 14 heavy (non-hydrogen) atoms. The van der Waals surface area contributed by atoms with E-state index in [4.69, 9.17) is 4.55 Å². The predicted octanol–water partition coefficient (Wildman–Crippen LogP) is 0.845. The fourth-order valence-electron chi connectivity index (χ4n) is 0.443. The van der Waals surface area contributed by atoms with Crippen LogP contribution in [-0.4, -0.2) is 32.5 Å². The van der Waals surface area contributed by atoms with Gasteiger partial charge in [-0.05, 0) is 19.6 Å². The number of carbonyl (C=O) groups excluding carboxylic acids is 1. The minimum atomic E-state index is -5.76. The zero-order chi connectivity index (χ0) is 11.8. The normalized spacial score (nSPS) is 13.9. The van der Waals surface area contributed by atoms with E-state index in [1.807, 2.05) is 0 Å². The highest BCUT2D eigenvalue weighted by molar-refractivity contribution is 7.87. The second-order valence-corrected chi connectivity index (χ2v) is 9.39. The summed E-state index contributed by atoms with van der Waals surface area (Å²) < 4.78 is 57.6. The van der Waals surface area contributed by atoms with Crippen LogP contribution in [-0.2, 0) is 19.3 Å². The van der Waals surface area contributed by atoms with Crippen molar-refractivity contribution in [1.82, 2.24) is 0 Å². The Morgan fingerprint density at radius 2 is 1.71 bits per heavy atom. The smallest absolute Gasteiger partial charge is 0.464 e. The number of hydrogen-bond acceptors (Lipinski definition) is 4. The van der Waals surface area contributed by atoms with Gasteiger partial charge in [0.25, 0.3) is 0 Å². The van der Waals surface area contributed by atoms with Crippen molar-refractivity contribution in [2.45, 2.75) is 24.9 Å². The lowest BCUT2D eigenvalue weighted by atomic mass is 10.7. The van der Waals surface area contributed by atoms with Gasteiger partial charge in [-0.15, -0.1) is 0 Å². The van der Waals surface area contributed by atoms with Crippen LogP contribution >= 0.6 is 0 Å². The quantitative estimate of drug-likeness (QED) is 0.591. The summed E-state index contributed by atoms with van der Waals surface area (Å²) in [6, 6.07) is 0. The topological polar surface area (TPSA) is 80.7 Å². The summed E-state index contributed by atoms with van der Waals surface area (Å²) in [7, 11) is -8.37. The van der Waals surface area contributed by atoms with Crippen molar-refractivity contribution in [3.63, 3.8) is 0 Å². The van der Waals surface area contributed by atoms with Gasteiger partial charge in [0.2, 0.25) is 8.32 Å². The first-order valence-corrected chi connectivity index (χ1v) is 8.31. The molecule has 0 aromatic carbocycles. The van der Waals surface area contributed by atoms with Gasteiger partial charge in [0.1, 0.15) is 0 Å². The van der Waals surface area contributed by atoms with E-state index in [0.717, 1.165) is 0 Å². The Kier molecular flexibility index (Phi) is 3.41. The molecule has 0 saturated heterocycles. The summed E-state index contributed by atoms with van der Waals surface area (Å²) in [6.45, 7) is 4.26. The minimum absolute atomic E-state index is 1.42. The number of halogens is 2. The van der Waals surface area contributed by atoms with E-state index in [-0.39, 0.29) is 0 Å². The highest BCUT2D eigenvalue weighted by atomic mass is 32.2. The van der Waals surface area contributed by atoms with Crippen molar-refractivity contribution in [1.29, 1.82) is 0 Å². The van der Waals surface area contributed by atoms with Gasteiger partial charge in [0.05, 0.1) is 0 Å². The number of rotatable bonds is 3. The molecule has 0 bridgehead atoms. The number of alkyl halides is 2. The Morgan fingerprint density at radius 3 is 1.93 bits per heavy atom. The lowest BCUT2D eigenvalue weighted by molar-refractivity contribution is -0.152. The van der Waals surface area contributed by atoms with Gasteiger partial charge in [0.15, 0.2) is 0 Å². The van der Waals surface area contributed by atoms with E-state index in [1.165, 1.54) is 19.6 Å². The van der Waals surface area contributed by atoms with Gasteiger partial charge in [-0.3, -0.25) is 4.55 Å². The van der Waals surface area contributed by atoms with Crippen LogP contribution in [0, 0.1) is 0 Å². The van der Waals surface area contributed by atoms with Gasteiger partial charge < -0.3 is 4.43 Å². The van der Waals surface area contributed by atoms with Crippen LogP contribution in [0.2, 0.25) is 19.6 Å². The molecule has 0 aliphatic carbocycles. The first-order valence-electron chi connectivity index (χ1n) is 3.46. The molecule has 84 valence electrons. The second kappa shape index (κ2) is 3.55. The first kappa shape index (κ1) is 13.5. The molecule has 0 aliphatic heterocycles. The van der Waals surface area contributed by atoms with E-state index in [2.05, 4.69) is 4.43 Å². The zero-order valence-corrected chi connectivity index (χ0v) is 9.56. The molecule has 0 aromatic rings. The average molecular weight is 248 g/mol. The van der Waals surface area contributed by atoms with Gasteiger partial charge in [-0.25, -0.2) is 4.79 Å². The van der Waals surface area contributed by atoms with Crippen molar-refractivity contribution in [3.8, 4) is 0 Å². The van der Waals surface area contributed by atoms with Crippen LogP contribution in [0.3, 0.4) is 0 Å². The summed E-state index contributed by atoms with van der Waals surface area (Å²) in [5.41, 5.74) is 0. The van der Waals surface area contributed by atoms with Gasteiger partial charge in [-0.1, -0.05) is 0 Å². The van der Waals surface area contributed by atoms with Gasteiger partial charge >= 0.3 is 21.3 Å². The summed E-state index contributed by atoms with van der Waals surface area (Å²) >= 11 is 0. The van der Waals surface area contributed by atoms with Crippen molar-refractivity contribution in [2.75, 3.05) is 0 Å². The maximum absolute atomic E-state index is 12.6. The summed E-state index contributed by atoms with van der Waals surface area (Å²) in [6.07, 6.45) is 0. The molecule has 9 heteroatoms. The zero-order valence-electron chi connectivity index (χ0n) is 7.74. The maximum atomic E-state index is 12.6. The fraction of sp³-hybridized carbons (Fsp3) is 0.800. The van der Waals surface area contributed by atoms with E-state index >= 15 is 0 Å². The molecule has 0 aliphatic rings. The SMILES string of the molecule is C[Si](C)(C)OC(=O)C(F)(F)S(=O)(=O)O. The Bertz CT molecular complexity index is 331. The maximum Gasteiger partial charge on any atom is 0.464 e. The molecule has 5 nitrogen and oxygen atoms in total. The lowest BCUT2D eigenvalue weighted by Crippen LogP contribution is -2.43. The third-order valence-electron chi connectivity index (χ3n) is 0.960. The summed E-state index contributed by atoms with van der Waals surface area (Å²) in [4.78, 5) is 10.7. The molecule has 0 heterocycles. The summed E-state index contributed by atoms with van der Waals surface area (Å²) in [5, 5.41) is -4.90. The van der Waals surface area contributed by atoms with Crippen molar-refractivity contribution in [2.24, 2.45) is 0 Å². The predicted molar refractivity (Wildman–Crippen MR) is 45.9 cm³/mol. The van der Waals surface area contributed by atoms with Crippen LogP contribution in [0.4, 0.5) is 8.78 Å². The monoisotopic (exact) mass is 248 g/mol. The van der Waals surface area contributed by atoms with Crippen molar-refractivity contribution in [3.05, 3.63) is 0 Å². The molecule has 0 fully saturated rings. The minimum Gasteiger partial charge on any atom is -0.515 e. The van der Waals surface area contributed by atoms with Crippen LogP contribution < -0.4 is 0 Å². The standard InChI is InChI=1S/C5H10F2O5SSi/c1-14(2,3)12-4(8)5(6,7)13(9,10)11/h1-3H3,(H,9,10,11). The highest BCUT2D eigenvalue weighted by Crippen LogP contribution is 2.23. The van der Waals surface area contributed by atoms with Crippen LogP contribution in [0.5, 0.6) is 0 Å². The Hall–Kier alpha value is -0.543. The van der Waals surface area contributed by atoms with Crippen LogP contribution in [0.1, 0.15) is 0 Å². The fourth-order valence-corrected chi connectivity index (χ4v) is 1.45. The molecular formula is C5H10F2O5SSi. The number of hydrogen-bond donors (Lipinski definition) is 1. The van der Waals surface area contributed by atoms with Gasteiger partial charge in [-0.2, -0.15) is 17.2 Å². The molecule has 0 rings (SSSR count). The molecule has 0 amide bonds. The van der Waals surface area contributed by atoms with Gasteiger partial charge in [0, 0.05) is 0 Å². The Balaban J connectivity index is 4.89. The van der Waals surface area contributed by atoms with E-state index in [9.17, 15) is 22.0 Å². The van der Waals surface area contributed by atoms with E-state index < -0.39 is 29.7 Å². The van der Waals surface area contributed by atoms with E-state index in [0.29, 0.717) is 0 Å². The second-order valence-electron chi connectivity index (χ2n) is 3.49. The molecule has 0 aromatic heterocycles.